The summed E-state index contributed by atoms with van der Waals surface area (Å²) in [5.41, 5.74) is 5.37. The molecule has 1 atom stereocenters. The molecule has 126 valence electrons. The van der Waals surface area contributed by atoms with Gasteiger partial charge in [-0.25, -0.2) is 13.8 Å². The van der Waals surface area contributed by atoms with Crippen LogP contribution < -0.4 is 16.0 Å². The van der Waals surface area contributed by atoms with Crippen LogP contribution in [0.1, 0.15) is 18.1 Å². The van der Waals surface area contributed by atoms with E-state index >= 15 is 0 Å². The summed E-state index contributed by atoms with van der Waals surface area (Å²) in [6, 6.07) is 8.28. The Morgan fingerprint density at radius 3 is 2.44 bits per heavy atom. The van der Waals surface area contributed by atoms with Crippen LogP contribution in [0, 0.1) is 34.3 Å². The molecule has 9 heteroatoms. The molecule has 0 aliphatic rings. The maximum atomic E-state index is 13.6. The number of amides is 1. The van der Waals surface area contributed by atoms with Gasteiger partial charge < -0.3 is 5.32 Å². The number of aromatic amines is 1. The SMILES string of the molecule is C[C@H](Sc1[nH+]c(N)c(C#N)cc1C#N)C(=O)Nc1c(F)cccc1F. The largest absolute Gasteiger partial charge is 0.320 e. The smallest absolute Gasteiger partial charge is 0.289 e. The first-order valence-corrected chi connectivity index (χ1v) is 7.82. The lowest BCUT2D eigenvalue weighted by Gasteiger charge is -2.12. The number of rotatable bonds is 4. The predicted octanol–water partition coefficient (Wildman–Crippen LogP) is 2.22. The molecule has 2 aromatic rings. The number of pyridine rings is 1. The monoisotopic (exact) mass is 360 g/mol. The van der Waals surface area contributed by atoms with E-state index in [0.717, 1.165) is 23.9 Å². The van der Waals surface area contributed by atoms with Gasteiger partial charge in [0.05, 0.1) is 5.25 Å². The van der Waals surface area contributed by atoms with Crippen molar-refractivity contribution in [3.63, 3.8) is 0 Å². The summed E-state index contributed by atoms with van der Waals surface area (Å²) in [4.78, 5) is 14.9. The number of nitrogens with one attached hydrogen (secondary N) is 2. The lowest BCUT2D eigenvalue weighted by Crippen LogP contribution is -2.26. The number of benzene rings is 1. The van der Waals surface area contributed by atoms with Crippen LogP contribution >= 0.6 is 11.8 Å². The number of nitrogen functional groups attached to an aromatic ring is 1. The molecule has 0 aliphatic carbocycles. The second kappa shape index (κ2) is 7.60. The van der Waals surface area contributed by atoms with Crippen molar-refractivity contribution in [2.75, 3.05) is 11.1 Å². The van der Waals surface area contributed by atoms with Gasteiger partial charge in [-0.05, 0) is 25.1 Å². The van der Waals surface area contributed by atoms with Crippen molar-refractivity contribution < 1.29 is 18.6 Å². The van der Waals surface area contributed by atoms with E-state index in [1.807, 2.05) is 12.1 Å². The summed E-state index contributed by atoms with van der Waals surface area (Å²) in [6.07, 6.45) is 0. The highest BCUT2D eigenvalue weighted by Gasteiger charge is 2.23. The first kappa shape index (κ1) is 18.2. The Hall–Kier alpha value is -3.17. The minimum atomic E-state index is -0.891. The first-order chi connectivity index (χ1) is 11.9. The fourth-order valence-electron chi connectivity index (χ4n) is 1.89. The zero-order valence-electron chi connectivity index (χ0n) is 12.9. The summed E-state index contributed by atoms with van der Waals surface area (Å²) in [5.74, 6) is -2.39. The number of carbonyl (C=O) groups excluding carboxylic acids is 1. The number of halogens is 2. The van der Waals surface area contributed by atoms with Crippen molar-refractivity contribution in [2.45, 2.75) is 17.2 Å². The molecule has 0 saturated carbocycles. The van der Waals surface area contributed by atoms with Crippen molar-refractivity contribution in [1.82, 2.24) is 0 Å². The van der Waals surface area contributed by atoms with Gasteiger partial charge in [-0.2, -0.15) is 10.5 Å². The van der Waals surface area contributed by atoms with Gasteiger partial charge in [0.2, 0.25) is 5.91 Å². The molecular formula is C16H12F2N5OS+. The molecule has 1 aromatic heterocycles. The van der Waals surface area contributed by atoms with Gasteiger partial charge in [0.1, 0.15) is 40.6 Å². The van der Waals surface area contributed by atoms with Crippen molar-refractivity contribution in [1.29, 1.82) is 10.5 Å². The summed E-state index contributed by atoms with van der Waals surface area (Å²) in [6.45, 7) is 1.50. The molecule has 2 rings (SSSR count). The zero-order valence-corrected chi connectivity index (χ0v) is 13.7. The molecule has 1 aromatic carbocycles. The van der Waals surface area contributed by atoms with Gasteiger partial charge in [0.25, 0.3) is 5.82 Å². The summed E-state index contributed by atoms with van der Waals surface area (Å²) < 4.78 is 27.2. The van der Waals surface area contributed by atoms with Crippen molar-refractivity contribution in [3.8, 4) is 12.1 Å². The number of thioether (sulfide) groups is 1. The number of nitriles is 2. The number of hydrogen-bond acceptors (Lipinski definition) is 5. The average molecular weight is 360 g/mol. The highest BCUT2D eigenvalue weighted by Crippen LogP contribution is 2.26. The molecule has 0 bridgehead atoms. The Labute approximate surface area is 146 Å². The van der Waals surface area contributed by atoms with Crippen LogP contribution in [0.3, 0.4) is 0 Å². The Bertz CT molecular complexity index is 900. The molecule has 4 N–H and O–H groups in total. The molecule has 0 saturated heterocycles. The number of hydrogen-bond donors (Lipinski definition) is 2. The van der Waals surface area contributed by atoms with Crippen molar-refractivity contribution >= 4 is 29.2 Å². The third-order valence-electron chi connectivity index (χ3n) is 3.19. The molecule has 0 spiro atoms. The number of nitrogens with two attached hydrogens (primary N) is 1. The van der Waals surface area contributed by atoms with E-state index in [9.17, 15) is 13.6 Å². The predicted molar refractivity (Wildman–Crippen MR) is 87.1 cm³/mol. The van der Waals surface area contributed by atoms with E-state index in [1.165, 1.54) is 19.1 Å². The normalized spacial score (nSPS) is 11.2. The number of nitrogens with zero attached hydrogens (tertiary/aromatic N) is 2. The number of carbonyl (C=O) groups is 1. The van der Waals surface area contributed by atoms with Crippen LogP contribution in [-0.4, -0.2) is 11.2 Å². The average Bonchev–Trinajstić information content (AvgIpc) is 2.58. The zero-order chi connectivity index (χ0) is 18.6. The highest BCUT2D eigenvalue weighted by atomic mass is 32.2. The quantitative estimate of drug-likeness (QED) is 0.811. The Kier molecular flexibility index (Phi) is 5.52. The third kappa shape index (κ3) is 4.03. The fraction of sp³-hybridized carbons (Fsp3) is 0.125. The van der Waals surface area contributed by atoms with E-state index in [1.54, 1.807) is 0 Å². The van der Waals surface area contributed by atoms with Gasteiger partial charge in [-0.15, -0.1) is 0 Å². The summed E-state index contributed by atoms with van der Waals surface area (Å²) in [7, 11) is 0. The van der Waals surface area contributed by atoms with E-state index in [0.29, 0.717) is 0 Å². The molecule has 1 amide bonds. The Morgan fingerprint density at radius 1 is 1.28 bits per heavy atom. The Balaban J connectivity index is 2.21. The Morgan fingerprint density at radius 2 is 1.88 bits per heavy atom. The molecular weight excluding hydrogens is 348 g/mol. The lowest BCUT2D eigenvalue weighted by atomic mass is 10.2. The molecule has 0 radical (unpaired) electrons. The van der Waals surface area contributed by atoms with Gasteiger partial charge in [0.15, 0.2) is 5.03 Å². The van der Waals surface area contributed by atoms with E-state index < -0.39 is 28.5 Å². The molecule has 1 heterocycles. The van der Waals surface area contributed by atoms with Gasteiger partial charge in [-0.3, -0.25) is 10.5 Å². The fourth-order valence-corrected chi connectivity index (χ4v) is 2.81. The minimum Gasteiger partial charge on any atom is -0.320 e. The molecule has 0 fully saturated rings. The first-order valence-electron chi connectivity index (χ1n) is 6.95. The third-order valence-corrected chi connectivity index (χ3v) is 4.31. The number of para-hydroxylation sites is 1. The van der Waals surface area contributed by atoms with Crippen LogP contribution in [0.15, 0.2) is 29.3 Å². The van der Waals surface area contributed by atoms with Crippen LogP contribution in [0.5, 0.6) is 0 Å². The standard InChI is InChI=1S/C16H11F2N5OS/c1-8(15(24)22-13-11(17)3-2-4-12(13)18)25-16-10(7-20)5-9(6-19)14(21)23-16/h2-5,8H,1H3,(H2,21,23)(H,22,24)/p+1/t8-/m0/s1. The van der Waals surface area contributed by atoms with Crippen LogP contribution in [0.25, 0.3) is 0 Å². The summed E-state index contributed by atoms with van der Waals surface area (Å²) >= 11 is 0.943. The number of anilines is 2. The van der Waals surface area contributed by atoms with Crippen molar-refractivity contribution in [2.24, 2.45) is 0 Å². The maximum absolute atomic E-state index is 13.6. The van der Waals surface area contributed by atoms with Crippen LogP contribution in [0.4, 0.5) is 20.3 Å². The number of H-pyrrole nitrogens is 1. The lowest BCUT2D eigenvalue weighted by molar-refractivity contribution is -0.410. The van der Waals surface area contributed by atoms with Crippen LogP contribution in [-0.2, 0) is 4.79 Å². The van der Waals surface area contributed by atoms with Crippen LogP contribution in [0.2, 0.25) is 0 Å². The van der Waals surface area contributed by atoms with Gasteiger partial charge >= 0.3 is 0 Å². The minimum absolute atomic E-state index is 0.0526. The second-order valence-electron chi connectivity index (χ2n) is 4.91. The van der Waals surface area contributed by atoms with Crippen molar-refractivity contribution in [3.05, 3.63) is 47.0 Å². The van der Waals surface area contributed by atoms with Gasteiger partial charge in [0, 0.05) is 0 Å². The number of aromatic nitrogens is 1. The topological polar surface area (TPSA) is 117 Å². The van der Waals surface area contributed by atoms with E-state index in [-0.39, 0.29) is 22.0 Å². The maximum Gasteiger partial charge on any atom is 0.289 e. The van der Waals surface area contributed by atoms with Gasteiger partial charge in [-0.1, -0.05) is 17.8 Å². The second-order valence-corrected chi connectivity index (χ2v) is 6.26. The molecule has 6 nitrogen and oxygen atoms in total. The molecule has 25 heavy (non-hydrogen) atoms. The molecule has 0 unspecified atom stereocenters. The van der Waals surface area contributed by atoms with E-state index in [4.69, 9.17) is 16.3 Å². The highest BCUT2D eigenvalue weighted by molar-refractivity contribution is 8.00. The molecule has 0 aliphatic heterocycles. The van der Waals surface area contributed by atoms with E-state index in [2.05, 4.69) is 10.3 Å². The summed E-state index contributed by atoms with van der Waals surface area (Å²) in [5, 5.41) is 19.7.